The van der Waals surface area contributed by atoms with Crippen LogP contribution in [0.15, 0.2) is 28.5 Å². The average molecular weight is 473 g/mol. The van der Waals surface area contributed by atoms with Crippen molar-refractivity contribution in [2.45, 2.75) is 6.18 Å². The SMILES string of the molecule is CN(C)C(N1CCOCC1)=[N+]1N=Nc2ccc(C(F)(F)F)cc21.F[P-](F)(F)(F)(F)F. The van der Waals surface area contributed by atoms with Crippen LogP contribution >= 0.6 is 7.81 Å². The summed E-state index contributed by atoms with van der Waals surface area (Å²) in [4.78, 5) is 3.84. The summed E-state index contributed by atoms with van der Waals surface area (Å²) >= 11 is 0. The second-order valence-electron chi connectivity index (χ2n) is 6.45. The predicted octanol–water partition coefficient (Wildman–Crippen LogP) is 5.99. The Labute approximate surface area is 164 Å². The van der Waals surface area contributed by atoms with Gasteiger partial charge in [-0.2, -0.15) is 13.2 Å². The molecule has 2 aliphatic rings. The van der Waals surface area contributed by atoms with E-state index >= 15 is 0 Å². The minimum absolute atomic E-state index is 0.329. The maximum atomic E-state index is 13.0. The van der Waals surface area contributed by atoms with E-state index in [4.69, 9.17) is 4.74 Å². The zero-order valence-electron chi connectivity index (χ0n) is 15.6. The number of nitrogens with zero attached hydrogens (tertiary/aromatic N) is 5. The molecule has 2 aliphatic heterocycles. The van der Waals surface area contributed by atoms with Crippen molar-refractivity contribution < 1.29 is 47.8 Å². The summed E-state index contributed by atoms with van der Waals surface area (Å²) < 4.78 is 105. The third-order valence-electron chi connectivity index (χ3n) is 3.66. The number of alkyl halides is 3. The molecule has 3 rings (SSSR count). The first-order chi connectivity index (χ1) is 13.3. The first kappa shape index (κ1) is 24.1. The van der Waals surface area contributed by atoms with Gasteiger partial charge in [0.05, 0.1) is 31.9 Å². The molecule has 172 valence electrons. The van der Waals surface area contributed by atoms with Gasteiger partial charge in [-0.25, -0.2) is 0 Å². The van der Waals surface area contributed by atoms with E-state index < -0.39 is 19.5 Å². The topological polar surface area (TPSA) is 43.4 Å². The molecule has 0 atom stereocenters. The van der Waals surface area contributed by atoms with Crippen LogP contribution in [0.2, 0.25) is 0 Å². The van der Waals surface area contributed by atoms with E-state index in [1.54, 1.807) is 0 Å². The van der Waals surface area contributed by atoms with E-state index in [1.807, 2.05) is 23.9 Å². The van der Waals surface area contributed by atoms with Crippen LogP contribution in [0.25, 0.3) is 0 Å². The van der Waals surface area contributed by atoms with Crippen molar-refractivity contribution in [3.05, 3.63) is 23.8 Å². The average Bonchev–Trinajstić information content (AvgIpc) is 2.95. The van der Waals surface area contributed by atoms with E-state index in [2.05, 4.69) is 10.3 Å². The van der Waals surface area contributed by atoms with Gasteiger partial charge in [-0.05, 0) is 23.3 Å². The van der Waals surface area contributed by atoms with Crippen molar-refractivity contribution in [3.8, 4) is 0 Å². The Morgan fingerprint density at radius 3 is 2.07 bits per heavy atom. The summed E-state index contributed by atoms with van der Waals surface area (Å²) in [6.07, 6.45) is -4.40. The Bertz CT molecular complexity index is 848. The van der Waals surface area contributed by atoms with Gasteiger partial charge in [-0.15, -0.1) is 0 Å². The van der Waals surface area contributed by atoms with E-state index in [-0.39, 0.29) is 0 Å². The number of hydrogen-bond donors (Lipinski definition) is 0. The molecule has 0 aromatic heterocycles. The summed E-state index contributed by atoms with van der Waals surface area (Å²) in [5.74, 6) is 0.676. The molecule has 0 amide bonds. The normalized spacial score (nSPS) is 20.6. The Morgan fingerprint density at radius 2 is 1.60 bits per heavy atom. The molecule has 1 aromatic rings. The van der Waals surface area contributed by atoms with Crippen LogP contribution in [-0.2, 0) is 10.9 Å². The standard InChI is InChI=1S/C14H17F3N5O.F6P/c1-20(2)13(21-5-7-23-8-6-21)22-12-9-10(14(15,16)17)3-4-11(12)18-19-22;1-7(2,3,4,5)6/h3-4,9H,5-8H2,1-2H3;/q+1;-1. The molecule has 0 N–H and O–H groups in total. The van der Waals surface area contributed by atoms with Gasteiger partial charge in [0.1, 0.15) is 0 Å². The minimum atomic E-state index is -10.7. The summed E-state index contributed by atoms with van der Waals surface area (Å²) in [5.41, 5.74) is 0.0364. The third kappa shape index (κ3) is 7.59. The molecule has 0 spiro atoms. The van der Waals surface area contributed by atoms with Gasteiger partial charge in [0.2, 0.25) is 0 Å². The molecule has 1 aromatic carbocycles. The van der Waals surface area contributed by atoms with Crippen molar-refractivity contribution in [2.75, 3.05) is 40.4 Å². The molecule has 30 heavy (non-hydrogen) atoms. The van der Waals surface area contributed by atoms with Gasteiger partial charge in [-0.1, -0.05) is 4.68 Å². The van der Waals surface area contributed by atoms with Gasteiger partial charge in [0.25, 0.3) is 0 Å². The number of benzene rings is 1. The quantitative estimate of drug-likeness (QED) is 0.201. The molecule has 16 heteroatoms. The van der Waals surface area contributed by atoms with Crippen LogP contribution in [-0.4, -0.2) is 60.8 Å². The van der Waals surface area contributed by atoms with Crippen LogP contribution in [0.3, 0.4) is 0 Å². The van der Waals surface area contributed by atoms with Crippen molar-refractivity contribution in [1.29, 1.82) is 0 Å². The zero-order chi connectivity index (χ0) is 23.0. The van der Waals surface area contributed by atoms with Gasteiger partial charge in [-0.3, -0.25) is 9.80 Å². The Balaban J connectivity index is 0.000000396. The van der Waals surface area contributed by atoms with Gasteiger partial charge in [0.15, 0.2) is 11.4 Å². The van der Waals surface area contributed by atoms with Gasteiger partial charge in [0, 0.05) is 19.3 Å². The number of fused-ring (bicyclic) bond motifs is 1. The number of guanidine groups is 1. The van der Waals surface area contributed by atoms with Crippen molar-refractivity contribution >= 4 is 25.1 Å². The molecule has 0 aliphatic carbocycles. The van der Waals surface area contributed by atoms with E-state index in [9.17, 15) is 38.4 Å². The third-order valence-corrected chi connectivity index (χ3v) is 3.66. The Kier molecular flexibility index (Phi) is 5.81. The number of halogens is 9. The van der Waals surface area contributed by atoms with Crippen LogP contribution in [0.1, 0.15) is 5.56 Å². The van der Waals surface area contributed by atoms with E-state index in [1.165, 1.54) is 10.8 Å². The summed E-state index contributed by atoms with van der Waals surface area (Å²) in [5, 5.41) is 8.03. The van der Waals surface area contributed by atoms with Crippen LogP contribution in [0.4, 0.5) is 49.7 Å². The first-order valence-electron chi connectivity index (χ1n) is 8.19. The zero-order valence-corrected chi connectivity index (χ0v) is 16.4. The van der Waals surface area contributed by atoms with E-state index in [0.717, 1.165) is 12.1 Å². The molecule has 0 bridgehead atoms. The Hall–Kier alpha value is -2.15. The summed E-state index contributed by atoms with van der Waals surface area (Å²) in [6.45, 7) is 2.43. The number of rotatable bonds is 0. The Morgan fingerprint density at radius 1 is 1.07 bits per heavy atom. The molecular formula is C14H17F9N5OP. The second-order valence-corrected chi connectivity index (χ2v) is 8.37. The van der Waals surface area contributed by atoms with Crippen LogP contribution < -0.4 is 0 Å². The predicted molar refractivity (Wildman–Crippen MR) is 90.5 cm³/mol. The molecule has 0 radical (unpaired) electrons. The summed E-state index contributed by atoms with van der Waals surface area (Å²) in [7, 11) is -7.01. The second kappa shape index (κ2) is 7.22. The molecule has 0 unspecified atom stereocenters. The molecule has 1 fully saturated rings. The molecule has 6 nitrogen and oxygen atoms in total. The number of hydrogen-bond acceptors (Lipinski definition) is 3. The summed E-state index contributed by atoms with van der Waals surface area (Å²) in [6, 6.07) is 3.44. The fraction of sp³-hybridized carbons (Fsp3) is 0.500. The number of morpholine rings is 1. The first-order valence-corrected chi connectivity index (χ1v) is 10.2. The van der Waals surface area contributed by atoms with Gasteiger partial charge < -0.3 is 4.74 Å². The van der Waals surface area contributed by atoms with Crippen molar-refractivity contribution in [3.63, 3.8) is 0 Å². The maximum absolute atomic E-state index is 13.0. The van der Waals surface area contributed by atoms with Crippen LogP contribution in [0.5, 0.6) is 0 Å². The van der Waals surface area contributed by atoms with Crippen molar-refractivity contribution in [2.24, 2.45) is 10.3 Å². The van der Waals surface area contributed by atoms with E-state index in [0.29, 0.717) is 43.6 Å². The molecule has 2 heterocycles. The van der Waals surface area contributed by atoms with Crippen LogP contribution in [0, 0.1) is 0 Å². The fourth-order valence-corrected chi connectivity index (χ4v) is 2.61. The van der Waals surface area contributed by atoms with Crippen molar-refractivity contribution in [1.82, 2.24) is 9.80 Å². The fourth-order valence-electron chi connectivity index (χ4n) is 2.61. The number of ether oxygens (including phenoxy) is 1. The molecule has 0 saturated carbocycles. The molecular weight excluding hydrogens is 456 g/mol. The van der Waals surface area contributed by atoms with Gasteiger partial charge >= 0.3 is 45.1 Å². The molecule has 1 saturated heterocycles. The monoisotopic (exact) mass is 473 g/mol.